The van der Waals surface area contributed by atoms with Crippen molar-refractivity contribution in [3.8, 4) is 0 Å². The number of carbonyl (C=O) groups excluding carboxylic acids is 1. The van der Waals surface area contributed by atoms with Crippen molar-refractivity contribution in [2.24, 2.45) is 0 Å². The lowest BCUT2D eigenvalue weighted by Crippen LogP contribution is -2.36. The molecular formula is C17H19FN2O4. The molecule has 0 aliphatic heterocycles. The number of aryl methyl sites for hydroxylation is 1. The second-order valence-electron chi connectivity index (χ2n) is 5.27. The van der Waals surface area contributed by atoms with E-state index < -0.39 is 24.1 Å². The first-order valence-electron chi connectivity index (χ1n) is 7.41. The van der Waals surface area contributed by atoms with Crippen LogP contribution in [0.15, 0.2) is 42.5 Å². The number of amides is 1. The van der Waals surface area contributed by atoms with Gasteiger partial charge in [0.1, 0.15) is 30.3 Å². The zero-order valence-electron chi connectivity index (χ0n) is 13.1. The monoisotopic (exact) mass is 334 g/mol. The maximum atomic E-state index is 13.6. The molecule has 2 unspecified atom stereocenters. The van der Waals surface area contributed by atoms with Gasteiger partial charge in [-0.1, -0.05) is 30.3 Å². The summed E-state index contributed by atoms with van der Waals surface area (Å²) in [5.41, 5.74) is 1.06. The summed E-state index contributed by atoms with van der Waals surface area (Å²) in [5.74, 6) is -0.723. The highest BCUT2D eigenvalue weighted by Gasteiger charge is 2.23. The van der Waals surface area contributed by atoms with Crippen molar-refractivity contribution < 1.29 is 24.1 Å². The second-order valence-corrected chi connectivity index (χ2v) is 5.27. The number of halogens is 1. The Bertz CT molecular complexity index is 682. The third kappa shape index (κ3) is 5.00. The van der Waals surface area contributed by atoms with Crippen molar-refractivity contribution in [3.63, 3.8) is 0 Å². The number of aliphatic hydroxyl groups is 2. The third-order valence-electron chi connectivity index (χ3n) is 3.33. The fourth-order valence-corrected chi connectivity index (χ4v) is 2.02. The second kappa shape index (κ2) is 8.37. The number of rotatable bonds is 6. The van der Waals surface area contributed by atoms with E-state index in [-0.39, 0.29) is 18.8 Å². The van der Waals surface area contributed by atoms with Gasteiger partial charge in [-0.3, -0.25) is 4.98 Å². The number of alkyl carbamates (subject to hydrolysis) is 1. The average Bonchev–Trinajstić information content (AvgIpc) is 2.60. The van der Waals surface area contributed by atoms with E-state index in [0.29, 0.717) is 5.69 Å². The van der Waals surface area contributed by atoms with E-state index in [9.17, 15) is 19.4 Å². The quantitative estimate of drug-likeness (QED) is 0.750. The van der Waals surface area contributed by atoms with Crippen LogP contribution in [0.3, 0.4) is 0 Å². The Morgan fingerprint density at radius 2 is 1.96 bits per heavy atom. The van der Waals surface area contributed by atoms with Gasteiger partial charge in [0.15, 0.2) is 0 Å². The van der Waals surface area contributed by atoms with Gasteiger partial charge in [0.2, 0.25) is 0 Å². The number of pyridine rings is 1. The molecule has 128 valence electrons. The molecule has 1 amide bonds. The van der Waals surface area contributed by atoms with Gasteiger partial charge >= 0.3 is 6.09 Å². The lowest BCUT2D eigenvalue weighted by Gasteiger charge is -2.18. The number of nitrogens with one attached hydrogen (secondary N) is 1. The van der Waals surface area contributed by atoms with E-state index in [1.165, 1.54) is 6.07 Å². The Morgan fingerprint density at radius 1 is 1.25 bits per heavy atom. The molecule has 24 heavy (non-hydrogen) atoms. The number of aliphatic hydroxyl groups excluding tert-OH is 2. The number of carbonyl (C=O) groups is 1. The Labute approximate surface area is 138 Å². The Hall–Kier alpha value is -2.51. The van der Waals surface area contributed by atoms with E-state index in [1.54, 1.807) is 19.1 Å². The molecule has 3 N–H and O–H groups in total. The maximum Gasteiger partial charge on any atom is 0.407 e. The number of hydrogen-bond donors (Lipinski definition) is 3. The molecule has 0 spiro atoms. The number of ether oxygens (including phenoxy) is 1. The van der Waals surface area contributed by atoms with Crippen molar-refractivity contribution in [2.45, 2.75) is 25.7 Å². The summed E-state index contributed by atoms with van der Waals surface area (Å²) in [5, 5.41) is 22.2. The fourth-order valence-electron chi connectivity index (χ4n) is 2.02. The first kappa shape index (κ1) is 17.8. The molecule has 1 aromatic carbocycles. The van der Waals surface area contributed by atoms with Gasteiger partial charge in [-0.15, -0.1) is 0 Å². The van der Waals surface area contributed by atoms with Crippen molar-refractivity contribution in [2.75, 3.05) is 6.54 Å². The summed E-state index contributed by atoms with van der Waals surface area (Å²) in [6.45, 7) is 1.42. The highest BCUT2D eigenvalue weighted by molar-refractivity contribution is 5.67. The smallest absolute Gasteiger partial charge is 0.407 e. The first-order valence-corrected chi connectivity index (χ1v) is 7.41. The molecule has 0 saturated heterocycles. The number of hydrogen-bond acceptors (Lipinski definition) is 5. The molecule has 0 aliphatic rings. The van der Waals surface area contributed by atoms with Crippen LogP contribution in [0.25, 0.3) is 0 Å². The van der Waals surface area contributed by atoms with Crippen LogP contribution < -0.4 is 5.32 Å². The normalized spacial score (nSPS) is 13.2. The highest BCUT2D eigenvalue weighted by Crippen LogP contribution is 2.18. The lowest BCUT2D eigenvalue weighted by molar-refractivity contribution is 0.0136. The van der Waals surface area contributed by atoms with Gasteiger partial charge in [-0.2, -0.15) is 0 Å². The predicted octanol–water partition coefficient (Wildman–Crippen LogP) is 1.85. The molecule has 1 heterocycles. The van der Waals surface area contributed by atoms with E-state index in [0.717, 1.165) is 11.6 Å². The van der Waals surface area contributed by atoms with Crippen molar-refractivity contribution in [1.29, 1.82) is 0 Å². The van der Waals surface area contributed by atoms with Gasteiger partial charge in [-0.25, -0.2) is 9.18 Å². The molecular weight excluding hydrogens is 315 g/mol. The minimum Gasteiger partial charge on any atom is -0.445 e. The zero-order chi connectivity index (χ0) is 17.5. The minimum atomic E-state index is -1.56. The zero-order valence-corrected chi connectivity index (χ0v) is 13.1. The largest absolute Gasteiger partial charge is 0.445 e. The van der Waals surface area contributed by atoms with Gasteiger partial charge in [-0.05, 0) is 24.6 Å². The van der Waals surface area contributed by atoms with E-state index >= 15 is 0 Å². The average molecular weight is 334 g/mol. The molecule has 0 fully saturated rings. The lowest BCUT2D eigenvalue weighted by atomic mass is 10.1. The maximum absolute atomic E-state index is 13.6. The Balaban J connectivity index is 1.82. The summed E-state index contributed by atoms with van der Waals surface area (Å²) in [6.07, 6.45) is -3.72. The van der Waals surface area contributed by atoms with Crippen LogP contribution in [0.1, 0.15) is 23.1 Å². The van der Waals surface area contributed by atoms with Gasteiger partial charge in [0.25, 0.3) is 0 Å². The molecule has 0 saturated carbocycles. The summed E-state index contributed by atoms with van der Waals surface area (Å²) in [6, 6.07) is 11.7. The standard InChI is InChI=1S/C17H19FN2O4/c1-11-7-8-13(18)15(20-11)16(22)14(21)9-19-17(23)24-10-12-5-3-2-4-6-12/h2-8,14,16,21-22H,9-10H2,1H3,(H,19,23). The number of nitrogens with zero attached hydrogens (tertiary/aromatic N) is 1. The van der Waals surface area contributed by atoms with Crippen LogP contribution in [0, 0.1) is 12.7 Å². The van der Waals surface area contributed by atoms with Crippen LogP contribution in [0.4, 0.5) is 9.18 Å². The molecule has 2 atom stereocenters. The summed E-state index contributed by atoms with van der Waals surface area (Å²) in [4.78, 5) is 15.5. The van der Waals surface area contributed by atoms with Gasteiger partial charge in [0.05, 0.1) is 0 Å². The van der Waals surface area contributed by atoms with Crippen LogP contribution in [0.5, 0.6) is 0 Å². The Morgan fingerprint density at radius 3 is 2.67 bits per heavy atom. The first-order chi connectivity index (χ1) is 11.5. The third-order valence-corrected chi connectivity index (χ3v) is 3.33. The molecule has 7 heteroatoms. The number of benzene rings is 1. The van der Waals surface area contributed by atoms with Crippen LogP contribution in [0.2, 0.25) is 0 Å². The van der Waals surface area contributed by atoms with Gasteiger partial charge in [0, 0.05) is 12.2 Å². The SMILES string of the molecule is Cc1ccc(F)c(C(O)C(O)CNC(=O)OCc2ccccc2)n1. The molecule has 2 aromatic rings. The predicted molar refractivity (Wildman–Crippen MR) is 84.5 cm³/mol. The Kier molecular flexibility index (Phi) is 6.22. The summed E-state index contributed by atoms with van der Waals surface area (Å²) < 4.78 is 18.6. The molecule has 0 bridgehead atoms. The van der Waals surface area contributed by atoms with E-state index in [4.69, 9.17) is 4.74 Å². The van der Waals surface area contributed by atoms with Gasteiger partial charge < -0.3 is 20.3 Å². The van der Waals surface area contributed by atoms with Crippen LogP contribution >= 0.6 is 0 Å². The molecule has 1 aromatic heterocycles. The number of aromatic nitrogens is 1. The highest BCUT2D eigenvalue weighted by atomic mass is 19.1. The van der Waals surface area contributed by atoms with Crippen LogP contribution in [-0.4, -0.2) is 33.9 Å². The summed E-state index contributed by atoms with van der Waals surface area (Å²) in [7, 11) is 0. The van der Waals surface area contributed by atoms with Crippen molar-refractivity contribution in [1.82, 2.24) is 10.3 Å². The molecule has 2 rings (SSSR count). The summed E-state index contributed by atoms with van der Waals surface area (Å²) >= 11 is 0. The molecule has 6 nitrogen and oxygen atoms in total. The van der Waals surface area contributed by atoms with Crippen molar-refractivity contribution >= 4 is 6.09 Å². The topological polar surface area (TPSA) is 91.7 Å². The van der Waals surface area contributed by atoms with Crippen LogP contribution in [-0.2, 0) is 11.3 Å². The fraction of sp³-hybridized carbons (Fsp3) is 0.294. The molecule has 0 radical (unpaired) electrons. The molecule has 0 aliphatic carbocycles. The van der Waals surface area contributed by atoms with E-state index in [2.05, 4.69) is 10.3 Å². The van der Waals surface area contributed by atoms with Crippen molar-refractivity contribution in [3.05, 3.63) is 65.2 Å². The van der Waals surface area contributed by atoms with E-state index in [1.807, 2.05) is 18.2 Å². The minimum absolute atomic E-state index is 0.0827.